The summed E-state index contributed by atoms with van der Waals surface area (Å²) >= 11 is 3.42. The zero-order valence-corrected chi connectivity index (χ0v) is 10.6. The van der Waals surface area contributed by atoms with Crippen molar-refractivity contribution in [3.63, 3.8) is 0 Å². The molecule has 0 amide bonds. The van der Waals surface area contributed by atoms with Crippen LogP contribution in [0.3, 0.4) is 0 Å². The predicted octanol–water partition coefficient (Wildman–Crippen LogP) is 3.39. The largest absolute Gasteiger partial charge is 0.238 e. The lowest BCUT2D eigenvalue weighted by Gasteiger charge is -2.06. The first-order valence-corrected chi connectivity index (χ1v) is 5.93. The van der Waals surface area contributed by atoms with Crippen molar-refractivity contribution in [1.29, 1.82) is 0 Å². The van der Waals surface area contributed by atoms with Crippen LogP contribution < -0.4 is 0 Å². The predicted molar refractivity (Wildman–Crippen MR) is 62.3 cm³/mol. The van der Waals surface area contributed by atoms with Crippen molar-refractivity contribution in [1.82, 2.24) is 9.97 Å². The third-order valence-electron chi connectivity index (χ3n) is 1.89. The van der Waals surface area contributed by atoms with Crippen molar-refractivity contribution in [3.05, 3.63) is 22.2 Å². The Labute approximate surface area is 94.3 Å². The maximum Gasteiger partial charge on any atom is 0.129 e. The van der Waals surface area contributed by atoms with Crippen molar-refractivity contribution in [2.45, 2.75) is 40.0 Å². The quantitative estimate of drug-likeness (QED) is 0.772. The van der Waals surface area contributed by atoms with Gasteiger partial charge in [0, 0.05) is 12.1 Å². The number of nitrogens with zero attached hydrogens (tertiary/aromatic N) is 2. The second-order valence-corrected chi connectivity index (χ2v) is 4.76. The zero-order valence-electron chi connectivity index (χ0n) is 9.05. The number of hydrogen-bond donors (Lipinski definition) is 0. The SMILES string of the molecule is CCCc1nc(Br)cc(CC(C)C)n1. The number of aryl methyl sites for hydroxylation is 1. The molecule has 1 aromatic heterocycles. The van der Waals surface area contributed by atoms with Crippen LogP contribution in [-0.2, 0) is 12.8 Å². The minimum atomic E-state index is 0.645. The Bertz CT molecular complexity index is 297. The number of rotatable bonds is 4. The fourth-order valence-electron chi connectivity index (χ4n) is 1.37. The summed E-state index contributed by atoms with van der Waals surface area (Å²) in [4.78, 5) is 8.86. The Kier molecular flexibility index (Phi) is 4.52. The van der Waals surface area contributed by atoms with Crippen LogP contribution in [0.1, 0.15) is 38.7 Å². The highest BCUT2D eigenvalue weighted by molar-refractivity contribution is 9.10. The second kappa shape index (κ2) is 5.44. The van der Waals surface area contributed by atoms with Gasteiger partial charge in [0.2, 0.25) is 0 Å². The zero-order chi connectivity index (χ0) is 10.6. The van der Waals surface area contributed by atoms with Crippen molar-refractivity contribution in [2.75, 3.05) is 0 Å². The molecule has 0 unspecified atom stereocenters. The summed E-state index contributed by atoms with van der Waals surface area (Å²) < 4.78 is 0.909. The molecule has 0 saturated carbocycles. The molecule has 0 N–H and O–H groups in total. The molecule has 1 heterocycles. The molecule has 0 aromatic carbocycles. The highest BCUT2D eigenvalue weighted by Crippen LogP contribution is 2.12. The van der Waals surface area contributed by atoms with Crippen LogP contribution in [0, 0.1) is 5.92 Å². The summed E-state index contributed by atoms with van der Waals surface area (Å²) in [5.74, 6) is 1.60. The maximum absolute atomic E-state index is 4.52. The molecule has 2 nitrogen and oxygen atoms in total. The molecule has 3 heteroatoms. The fraction of sp³-hybridized carbons (Fsp3) is 0.636. The molecule has 0 bridgehead atoms. The first-order valence-electron chi connectivity index (χ1n) is 5.14. The lowest BCUT2D eigenvalue weighted by molar-refractivity contribution is 0.628. The van der Waals surface area contributed by atoms with E-state index < -0.39 is 0 Å². The molecule has 0 aliphatic rings. The molecule has 0 spiro atoms. The van der Waals surface area contributed by atoms with Crippen LogP contribution >= 0.6 is 15.9 Å². The molecular formula is C11H17BrN2. The van der Waals surface area contributed by atoms with Gasteiger partial charge in [-0.15, -0.1) is 0 Å². The fourth-order valence-corrected chi connectivity index (χ4v) is 1.84. The topological polar surface area (TPSA) is 25.8 Å². The summed E-state index contributed by atoms with van der Waals surface area (Å²) in [5, 5.41) is 0. The van der Waals surface area contributed by atoms with Gasteiger partial charge in [-0.1, -0.05) is 20.8 Å². The summed E-state index contributed by atoms with van der Waals surface area (Å²) in [7, 11) is 0. The van der Waals surface area contributed by atoms with E-state index in [4.69, 9.17) is 0 Å². The summed E-state index contributed by atoms with van der Waals surface area (Å²) in [6, 6.07) is 2.01. The summed E-state index contributed by atoms with van der Waals surface area (Å²) in [5.41, 5.74) is 1.14. The Morgan fingerprint density at radius 2 is 2.07 bits per heavy atom. The van der Waals surface area contributed by atoms with Crippen molar-refractivity contribution in [2.24, 2.45) is 5.92 Å². The highest BCUT2D eigenvalue weighted by atomic mass is 79.9. The van der Waals surface area contributed by atoms with E-state index in [1.165, 1.54) is 0 Å². The van der Waals surface area contributed by atoms with Crippen LogP contribution in [0.5, 0.6) is 0 Å². The number of aromatic nitrogens is 2. The van der Waals surface area contributed by atoms with Crippen molar-refractivity contribution in [3.8, 4) is 0 Å². The Morgan fingerprint density at radius 3 is 2.64 bits per heavy atom. The lowest BCUT2D eigenvalue weighted by atomic mass is 10.1. The minimum absolute atomic E-state index is 0.645. The van der Waals surface area contributed by atoms with Gasteiger partial charge in [0.05, 0.1) is 0 Å². The van der Waals surface area contributed by atoms with Crippen LogP contribution in [0.25, 0.3) is 0 Å². The smallest absolute Gasteiger partial charge is 0.129 e. The van der Waals surface area contributed by atoms with Gasteiger partial charge in [-0.3, -0.25) is 0 Å². The maximum atomic E-state index is 4.52. The van der Waals surface area contributed by atoms with Crippen molar-refractivity contribution < 1.29 is 0 Å². The minimum Gasteiger partial charge on any atom is -0.238 e. The Balaban J connectivity index is 2.83. The highest BCUT2D eigenvalue weighted by Gasteiger charge is 2.04. The van der Waals surface area contributed by atoms with E-state index >= 15 is 0 Å². The molecule has 0 atom stereocenters. The summed E-state index contributed by atoms with van der Waals surface area (Å²) in [6.45, 7) is 6.55. The third kappa shape index (κ3) is 3.74. The van der Waals surface area contributed by atoms with E-state index in [9.17, 15) is 0 Å². The molecule has 0 aliphatic heterocycles. The van der Waals surface area contributed by atoms with Gasteiger partial charge in [0.1, 0.15) is 10.4 Å². The van der Waals surface area contributed by atoms with E-state index in [0.717, 1.165) is 35.4 Å². The average Bonchev–Trinajstić information content (AvgIpc) is 2.01. The standard InChI is InChI=1S/C11H17BrN2/c1-4-5-11-13-9(6-8(2)3)7-10(12)14-11/h7-8H,4-6H2,1-3H3. The number of hydrogen-bond acceptors (Lipinski definition) is 2. The monoisotopic (exact) mass is 256 g/mol. The lowest BCUT2D eigenvalue weighted by Crippen LogP contribution is -2.03. The van der Waals surface area contributed by atoms with E-state index in [2.05, 4.69) is 46.7 Å². The molecule has 0 saturated heterocycles. The van der Waals surface area contributed by atoms with Crippen molar-refractivity contribution >= 4 is 15.9 Å². The Morgan fingerprint density at radius 1 is 1.36 bits per heavy atom. The van der Waals surface area contributed by atoms with E-state index in [1.807, 2.05) is 6.07 Å². The normalized spacial score (nSPS) is 10.9. The van der Waals surface area contributed by atoms with E-state index in [-0.39, 0.29) is 0 Å². The van der Waals surface area contributed by atoms with Gasteiger partial charge in [-0.2, -0.15) is 0 Å². The van der Waals surface area contributed by atoms with Crippen LogP contribution in [0.15, 0.2) is 10.7 Å². The molecule has 0 fully saturated rings. The summed E-state index contributed by atoms with van der Waals surface area (Å²) in [6.07, 6.45) is 3.08. The molecule has 78 valence electrons. The van der Waals surface area contributed by atoms with Gasteiger partial charge in [0.25, 0.3) is 0 Å². The third-order valence-corrected chi connectivity index (χ3v) is 2.29. The van der Waals surface area contributed by atoms with E-state index in [1.54, 1.807) is 0 Å². The van der Waals surface area contributed by atoms with Gasteiger partial charge < -0.3 is 0 Å². The van der Waals surface area contributed by atoms with E-state index in [0.29, 0.717) is 5.92 Å². The van der Waals surface area contributed by atoms with Crippen LogP contribution in [-0.4, -0.2) is 9.97 Å². The second-order valence-electron chi connectivity index (χ2n) is 3.95. The Hall–Kier alpha value is -0.440. The molecule has 1 rings (SSSR count). The number of halogens is 1. The van der Waals surface area contributed by atoms with Gasteiger partial charge in [-0.05, 0) is 40.8 Å². The van der Waals surface area contributed by atoms with Gasteiger partial charge >= 0.3 is 0 Å². The average molecular weight is 257 g/mol. The first-order chi connectivity index (χ1) is 6.61. The van der Waals surface area contributed by atoms with Crippen LogP contribution in [0.2, 0.25) is 0 Å². The molecule has 14 heavy (non-hydrogen) atoms. The molecule has 0 aliphatic carbocycles. The van der Waals surface area contributed by atoms with Gasteiger partial charge in [-0.25, -0.2) is 9.97 Å². The van der Waals surface area contributed by atoms with Crippen LogP contribution in [0.4, 0.5) is 0 Å². The molecule has 0 radical (unpaired) electrons. The molecule has 1 aromatic rings. The van der Waals surface area contributed by atoms with Gasteiger partial charge in [0.15, 0.2) is 0 Å². The first kappa shape index (κ1) is 11.6. The molecular weight excluding hydrogens is 240 g/mol.